The fourth-order valence-electron chi connectivity index (χ4n) is 8.23. The van der Waals surface area contributed by atoms with Crippen molar-refractivity contribution in [3.05, 3.63) is 182 Å². The van der Waals surface area contributed by atoms with Crippen LogP contribution in [0.2, 0.25) is 10.0 Å². The second-order valence-corrected chi connectivity index (χ2v) is 20.4. The van der Waals surface area contributed by atoms with E-state index in [-0.39, 0.29) is 37.3 Å². The number of aromatic amines is 1. The zero-order valence-corrected chi connectivity index (χ0v) is 48.5. The number of carbonyl (C=O) groups excluding carboxylic acids is 3. The number of methoxy groups -OCH3 is 1. The topological polar surface area (TPSA) is 257 Å². The van der Waals surface area contributed by atoms with Crippen molar-refractivity contribution >= 4 is 47.0 Å². The molecule has 0 fully saturated rings. The fourth-order valence-corrected chi connectivity index (χ4v) is 8.61. The molecular formula is C60H64Cl2F6N6O12. The molecule has 26 heteroatoms. The molecule has 0 aliphatic carbocycles. The molecule has 2 amide bonds. The summed E-state index contributed by atoms with van der Waals surface area (Å²) < 4.78 is 90.6. The van der Waals surface area contributed by atoms with Crippen LogP contribution in [0.3, 0.4) is 0 Å². The molecule has 462 valence electrons. The van der Waals surface area contributed by atoms with Crippen LogP contribution in [0, 0.1) is 0 Å². The Morgan fingerprint density at radius 3 is 1.57 bits per heavy atom. The standard InChI is InChI=1S/C30H30ClN3O6.C26H27ClF3N3O5.C4H7F3O/c1-34-28(40-18-20-8-12-25(39-2)13-9-20)17-26(33-34)29(36)32-24(16-27(35)30(37)38)14-19-6-10-21(11-7-19)22-4-3-5-23(31)15-22;1-3-22(26(28,29)30)38-25(37)21(34)13-19(31-24(36)20-14-23(35)33(2)32-20)11-15-7-9-16(10-8-15)17-5-4-6-18(27)12-17;1-2-3(8)4(5,6)7/h3-13,15,17,24,27,35H,14,16,18H2,1-2H3,(H,32,36)(H,37,38);4-10,12,14,19,21-22,32,34H,3,11,13H2,1-2H3,(H,31,36);3,8H,2H2,1H3/t24-,27-;19-,21-,22?;/m11./s1. The maximum Gasteiger partial charge on any atom is 0.425 e. The summed E-state index contributed by atoms with van der Waals surface area (Å²) in [6, 6.07) is 38.1. The molecule has 0 bridgehead atoms. The monoisotopic (exact) mass is 1240 g/mol. The van der Waals surface area contributed by atoms with Crippen LogP contribution in [0.25, 0.3) is 22.3 Å². The normalized spacial score (nSPS) is 13.4. The average Bonchev–Trinajstić information content (AvgIpc) is 3.90. The fraction of sp³-hybridized carbons (Fsp3) is 0.333. The summed E-state index contributed by atoms with van der Waals surface area (Å²) in [5.74, 6) is -2.87. The maximum atomic E-state index is 13.1. The number of alkyl halides is 6. The van der Waals surface area contributed by atoms with E-state index >= 15 is 0 Å². The first-order valence-corrected chi connectivity index (χ1v) is 27.3. The van der Waals surface area contributed by atoms with E-state index in [0.717, 1.165) is 49.9 Å². The zero-order valence-electron chi connectivity index (χ0n) is 47.0. The number of benzene rings is 5. The number of aromatic nitrogens is 4. The molecule has 7 rings (SSSR count). The summed E-state index contributed by atoms with van der Waals surface area (Å²) in [7, 11) is 4.68. The zero-order chi connectivity index (χ0) is 63.5. The van der Waals surface area contributed by atoms with Crippen molar-refractivity contribution in [3.8, 4) is 33.9 Å². The molecule has 0 saturated heterocycles. The van der Waals surface area contributed by atoms with Crippen LogP contribution in [0.5, 0.6) is 11.6 Å². The van der Waals surface area contributed by atoms with Crippen LogP contribution in [-0.2, 0) is 47.9 Å². The van der Waals surface area contributed by atoms with Gasteiger partial charge in [-0.1, -0.05) is 122 Å². The van der Waals surface area contributed by atoms with Crippen molar-refractivity contribution < 1.29 is 80.2 Å². The van der Waals surface area contributed by atoms with Gasteiger partial charge in [0.05, 0.1) is 7.11 Å². The van der Waals surface area contributed by atoms with Gasteiger partial charge in [-0.2, -0.15) is 31.4 Å². The first-order chi connectivity index (χ1) is 40.6. The van der Waals surface area contributed by atoms with Crippen molar-refractivity contribution in [2.75, 3.05) is 7.11 Å². The number of nitrogens with one attached hydrogen (secondary N) is 3. The van der Waals surface area contributed by atoms with Gasteiger partial charge in [-0.3, -0.25) is 24.2 Å². The van der Waals surface area contributed by atoms with E-state index in [1.807, 2.05) is 91.0 Å². The summed E-state index contributed by atoms with van der Waals surface area (Å²) in [4.78, 5) is 61.1. The number of halogens is 8. The summed E-state index contributed by atoms with van der Waals surface area (Å²) in [5.41, 5.74) is 5.77. The number of carbonyl (C=O) groups is 4. The van der Waals surface area contributed by atoms with Gasteiger partial charge in [0.1, 0.15) is 24.2 Å². The molecule has 6 atom stereocenters. The van der Waals surface area contributed by atoms with Crippen LogP contribution in [-0.4, -0.2) is 120 Å². The van der Waals surface area contributed by atoms with Crippen LogP contribution in [0.15, 0.2) is 138 Å². The Labute approximate surface area is 500 Å². The highest BCUT2D eigenvalue weighted by molar-refractivity contribution is 6.31. The highest BCUT2D eigenvalue weighted by atomic mass is 35.5. The number of nitrogens with zero attached hydrogens (tertiary/aromatic N) is 3. The molecular weight excluding hydrogens is 1180 g/mol. The van der Waals surface area contributed by atoms with Crippen LogP contribution >= 0.6 is 23.2 Å². The van der Waals surface area contributed by atoms with Gasteiger partial charge in [-0.25, -0.2) is 14.3 Å². The van der Waals surface area contributed by atoms with E-state index in [0.29, 0.717) is 27.9 Å². The number of aliphatic hydroxyl groups excluding tert-OH is 3. The minimum absolute atomic E-state index is 0.0565. The summed E-state index contributed by atoms with van der Waals surface area (Å²) >= 11 is 12.2. The molecule has 7 aromatic rings. The molecule has 5 aromatic carbocycles. The first-order valence-electron chi connectivity index (χ1n) is 26.5. The number of amides is 2. The van der Waals surface area contributed by atoms with E-state index in [1.54, 1.807) is 44.5 Å². The van der Waals surface area contributed by atoms with Gasteiger partial charge in [0, 0.05) is 61.2 Å². The van der Waals surface area contributed by atoms with E-state index in [4.69, 9.17) is 37.8 Å². The minimum atomic E-state index is -4.78. The average molecular weight is 1250 g/mol. The van der Waals surface area contributed by atoms with E-state index < -0.39 is 91.0 Å². The highest BCUT2D eigenvalue weighted by Crippen LogP contribution is 2.28. The Kier molecular flexibility index (Phi) is 25.4. The number of H-pyrrole nitrogens is 1. The highest BCUT2D eigenvalue weighted by Gasteiger charge is 2.42. The summed E-state index contributed by atoms with van der Waals surface area (Å²) in [6.07, 6.45) is -18.2. The number of carboxylic acid groups (broad SMARTS) is 1. The molecule has 2 heterocycles. The van der Waals surface area contributed by atoms with Crippen molar-refractivity contribution in [1.82, 2.24) is 30.2 Å². The van der Waals surface area contributed by atoms with Gasteiger partial charge in [0.25, 0.3) is 17.4 Å². The lowest BCUT2D eigenvalue weighted by atomic mass is 9.97. The molecule has 2 unspecified atom stereocenters. The molecule has 7 N–H and O–H groups in total. The smallest absolute Gasteiger partial charge is 0.425 e. The van der Waals surface area contributed by atoms with E-state index in [9.17, 15) is 65.6 Å². The second-order valence-electron chi connectivity index (χ2n) is 19.5. The number of rotatable bonds is 23. The summed E-state index contributed by atoms with van der Waals surface area (Å²) in [6.45, 7) is 2.75. The molecule has 18 nitrogen and oxygen atoms in total. The van der Waals surface area contributed by atoms with Gasteiger partial charge in [-0.15, -0.1) is 0 Å². The van der Waals surface area contributed by atoms with Crippen LogP contribution < -0.4 is 25.7 Å². The van der Waals surface area contributed by atoms with E-state index in [2.05, 4.69) is 25.6 Å². The third-order valence-corrected chi connectivity index (χ3v) is 13.4. The number of aliphatic carboxylic acids is 1. The lowest BCUT2D eigenvalue weighted by Gasteiger charge is -2.24. The molecule has 0 spiro atoms. The second kappa shape index (κ2) is 31.8. The lowest BCUT2D eigenvalue weighted by molar-refractivity contribution is -0.225. The number of esters is 1. The number of aryl methyl sites for hydroxylation is 2. The molecule has 0 aliphatic rings. The van der Waals surface area contributed by atoms with Gasteiger partial charge in [0.2, 0.25) is 5.88 Å². The van der Waals surface area contributed by atoms with Gasteiger partial charge in [0.15, 0.2) is 24.0 Å². The number of aliphatic hydroxyl groups is 3. The Morgan fingerprint density at radius 2 is 1.15 bits per heavy atom. The van der Waals surface area contributed by atoms with Crippen molar-refractivity contribution in [3.63, 3.8) is 0 Å². The quantitative estimate of drug-likeness (QED) is 0.0233. The predicted octanol–water partition coefficient (Wildman–Crippen LogP) is 9.83. The Balaban J connectivity index is 0.000000279. The van der Waals surface area contributed by atoms with Gasteiger partial charge in [-0.05, 0) is 101 Å². The number of ether oxygens (including phenoxy) is 3. The molecule has 2 aromatic heterocycles. The lowest BCUT2D eigenvalue weighted by Crippen LogP contribution is -2.43. The third kappa shape index (κ3) is 21.4. The molecule has 86 heavy (non-hydrogen) atoms. The molecule has 0 radical (unpaired) electrons. The molecule has 0 saturated carbocycles. The Bertz CT molecular complexity index is 3390. The minimum Gasteiger partial charge on any atom is -0.497 e. The van der Waals surface area contributed by atoms with E-state index in [1.165, 1.54) is 31.6 Å². The van der Waals surface area contributed by atoms with Crippen molar-refractivity contribution in [1.29, 1.82) is 0 Å². The Morgan fingerprint density at radius 1 is 0.651 bits per heavy atom. The SMILES string of the molecule is CCC(O)C(F)(F)F.CCC(OC(=O)[C@H](O)C[C@@H](Cc1ccc(-c2cccc(Cl)c2)cc1)NC(=O)c1cc(=O)n(C)[nH]1)C(F)(F)F.COc1ccc(COc2cc(C(=O)N[C@H](Cc3ccc(-c4cccc(Cl)c4)cc3)C[C@@H](O)C(=O)O)nn2C)cc1. The van der Waals surface area contributed by atoms with Crippen LogP contribution in [0.4, 0.5) is 26.3 Å². The van der Waals surface area contributed by atoms with Gasteiger partial charge >= 0.3 is 24.3 Å². The maximum absolute atomic E-state index is 13.1. The first kappa shape index (κ1) is 68.6. The Hall–Kier alpha value is -8.16. The van der Waals surface area contributed by atoms with Crippen molar-refractivity contribution in [2.24, 2.45) is 14.1 Å². The third-order valence-electron chi connectivity index (χ3n) is 12.9. The summed E-state index contributed by atoms with van der Waals surface area (Å²) in [5, 5.41) is 51.2. The number of carboxylic acids is 1. The number of hydrogen-bond donors (Lipinski definition) is 7. The predicted molar refractivity (Wildman–Crippen MR) is 308 cm³/mol. The largest absolute Gasteiger partial charge is 0.497 e. The molecule has 0 aliphatic heterocycles. The van der Waals surface area contributed by atoms with Crippen molar-refractivity contribution in [2.45, 2.75) is 108 Å². The van der Waals surface area contributed by atoms with Gasteiger partial charge < -0.3 is 45.3 Å². The number of hydrogen-bond acceptors (Lipinski definition) is 12. The van der Waals surface area contributed by atoms with Crippen LogP contribution in [0.1, 0.15) is 77.2 Å².